The quantitative estimate of drug-likeness (QED) is 0.731. The van der Waals surface area contributed by atoms with Crippen LogP contribution >= 0.6 is 11.3 Å². The first-order valence-electron chi connectivity index (χ1n) is 8.94. The molecule has 1 saturated heterocycles. The standard InChI is InChI=1S/C20H22N4O2S/c1-14-18(27-20(21-14)23-10-3-4-11-23)19(25)22-15-5-7-16(8-6-15)24-12-9-17(13-24)26-2/h3-8,10-11,17H,9,12-13H2,1-2H3,(H,22,25). The first kappa shape index (κ1) is 17.8. The van der Waals surface area contributed by atoms with Crippen LogP contribution in [0.25, 0.3) is 5.13 Å². The van der Waals surface area contributed by atoms with Crippen molar-refractivity contribution in [2.75, 3.05) is 30.4 Å². The summed E-state index contributed by atoms with van der Waals surface area (Å²) in [6.45, 7) is 3.76. The molecule has 0 radical (unpaired) electrons. The highest BCUT2D eigenvalue weighted by atomic mass is 32.1. The number of methoxy groups -OCH3 is 1. The number of aromatic nitrogens is 2. The second kappa shape index (κ2) is 7.54. The number of amides is 1. The van der Waals surface area contributed by atoms with Gasteiger partial charge in [-0.15, -0.1) is 0 Å². The molecule has 1 aliphatic rings. The SMILES string of the molecule is COC1CCN(c2ccc(NC(=O)c3sc(-n4cccc4)nc3C)cc2)C1. The van der Waals surface area contributed by atoms with Crippen LogP contribution in [-0.2, 0) is 4.74 Å². The molecule has 1 N–H and O–H groups in total. The minimum atomic E-state index is -0.128. The van der Waals surface area contributed by atoms with Crippen molar-refractivity contribution in [1.82, 2.24) is 9.55 Å². The number of anilines is 2. The maximum absolute atomic E-state index is 12.7. The number of aryl methyl sites for hydroxylation is 1. The van der Waals surface area contributed by atoms with Crippen molar-refractivity contribution < 1.29 is 9.53 Å². The maximum atomic E-state index is 12.7. The van der Waals surface area contributed by atoms with Crippen LogP contribution in [0.1, 0.15) is 21.8 Å². The molecule has 1 unspecified atom stereocenters. The summed E-state index contributed by atoms with van der Waals surface area (Å²) in [5, 5.41) is 3.77. The Hall–Kier alpha value is -2.64. The lowest BCUT2D eigenvalue weighted by Crippen LogP contribution is -2.22. The molecule has 1 amide bonds. The van der Waals surface area contributed by atoms with E-state index in [-0.39, 0.29) is 5.91 Å². The van der Waals surface area contributed by atoms with E-state index in [1.807, 2.05) is 60.3 Å². The Morgan fingerprint density at radius 1 is 1.26 bits per heavy atom. The largest absolute Gasteiger partial charge is 0.380 e. The summed E-state index contributed by atoms with van der Waals surface area (Å²) in [6, 6.07) is 11.8. The fraction of sp³-hybridized carbons (Fsp3) is 0.300. The van der Waals surface area contributed by atoms with Crippen molar-refractivity contribution in [3.8, 4) is 5.13 Å². The van der Waals surface area contributed by atoms with Crippen molar-refractivity contribution in [2.24, 2.45) is 0 Å². The molecule has 2 aromatic heterocycles. The number of carbonyl (C=O) groups is 1. The number of rotatable bonds is 5. The van der Waals surface area contributed by atoms with Gasteiger partial charge in [0.2, 0.25) is 0 Å². The first-order valence-corrected chi connectivity index (χ1v) is 9.75. The molecule has 0 bridgehead atoms. The smallest absolute Gasteiger partial charge is 0.267 e. The summed E-state index contributed by atoms with van der Waals surface area (Å²) in [5.74, 6) is -0.128. The van der Waals surface area contributed by atoms with E-state index in [9.17, 15) is 4.79 Å². The van der Waals surface area contributed by atoms with Crippen LogP contribution in [-0.4, -0.2) is 41.8 Å². The van der Waals surface area contributed by atoms with E-state index in [0.29, 0.717) is 11.0 Å². The monoisotopic (exact) mass is 382 g/mol. The number of hydrogen-bond acceptors (Lipinski definition) is 5. The van der Waals surface area contributed by atoms with Crippen molar-refractivity contribution in [3.05, 3.63) is 59.4 Å². The number of nitrogens with zero attached hydrogens (tertiary/aromatic N) is 3. The summed E-state index contributed by atoms with van der Waals surface area (Å²) in [4.78, 5) is 20.1. The summed E-state index contributed by atoms with van der Waals surface area (Å²) in [5.41, 5.74) is 2.67. The molecular formula is C20H22N4O2S. The minimum Gasteiger partial charge on any atom is -0.380 e. The van der Waals surface area contributed by atoms with Crippen LogP contribution in [0.2, 0.25) is 0 Å². The van der Waals surface area contributed by atoms with E-state index in [1.54, 1.807) is 7.11 Å². The van der Waals surface area contributed by atoms with Crippen LogP contribution < -0.4 is 10.2 Å². The number of thiazole rings is 1. The number of ether oxygens (including phenoxy) is 1. The third-order valence-electron chi connectivity index (χ3n) is 4.79. The Balaban J connectivity index is 1.44. The molecule has 4 rings (SSSR count). The molecule has 6 nitrogen and oxygen atoms in total. The van der Waals surface area contributed by atoms with Crippen LogP contribution in [0.15, 0.2) is 48.8 Å². The summed E-state index contributed by atoms with van der Waals surface area (Å²) >= 11 is 1.39. The fourth-order valence-electron chi connectivity index (χ4n) is 3.26. The average molecular weight is 382 g/mol. The molecule has 0 aliphatic carbocycles. The molecule has 1 fully saturated rings. The van der Waals surface area contributed by atoms with Crippen molar-refractivity contribution in [3.63, 3.8) is 0 Å². The van der Waals surface area contributed by atoms with E-state index < -0.39 is 0 Å². The van der Waals surface area contributed by atoms with Gasteiger partial charge < -0.3 is 19.5 Å². The van der Waals surface area contributed by atoms with Gasteiger partial charge in [-0.1, -0.05) is 11.3 Å². The number of hydrogen-bond donors (Lipinski definition) is 1. The van der Waals surface area contributed by atoms with E-state index >= 15 is 0 Å². The summed E-state index contributed by atoms with van der Waals surface area (Å²) in [6.07, 6.45) is 5.19. The van der Waals surface area contributed by atoms with Gasteiger partial charge in [0.1, 0.15) is 4.88 Å². The molecule has 1 aliphatic heterocycles. The van der Waals surface area contributed by atoms with E-state index in [0.717, 1.165) is 41.7 Å². The Labute approximate surface area is 162 Å². The van der Waals surface area contributed by atoms with E-state index in [2.05, 4.69) is 15.2 Å². The van der Waals surface area contributed by atoms with Crippen molar-refractivity contribution in [1.29, 1.82) is 0 Å². The Morgan fingerprint density at radius 2 is 2.00 bits per heavy atom. The van der Waals surface area contributed by atoms with E-state index in [4.69, 9.17) is 4.74 Å². The van der Waals surface area contributed by atoms with Crippen molar-refractivity contribution >= 4 is 28.6 Å². The molecule has 3 heterocycles. The van der Waals surface area contributed by atoms with Crippen LogP contribution in [0.3, 0.4) is 0 Å². The lowest BCUT2D eigenvalue weighted by molar-refractivity contribution is 0.103. The van der Waals surface area contributed by atoms with Gasteiger partial charge in [-0.25, -0.2) is 4.98 Å². The summed E-state index contributed by atoms with van der Waals surface area (Å²) < 4.78 is 7.33. The molecule has 1 atom stereocenters. The molecule has 1 aromatic carbocycles. The van der Waals surface area contributed by atoms with Gasteiger partial charge in [-0.2, -0.15) is 0 Å². The third kappa shape index (κ3) is 3.74. The van der Waals surface area contributed by atoms with Gasteiger partial charge in [-0.3, -0.25) is 4.79 Å². The Morgan fingerprint density at radius 3 is 2.67 bits per heavy atom. The zero-order valence-electron chi connectivity index (χ0n) is 15.4. The highest BCUT2D eigenvalue weighted by molar-refractivity contribution is 7.16. The van der Waals surface area contributed by atoms with Gasteiger partial charge in [0.05, 0.1) is 11.8 Å². The molecule has 0 saturated carbocycles. The zero-order valence-corrected chi connectivity index (χ0v) is 16.2. The number of nitrogens with one attached hydrogen (secondary N) is 1. The van der Waals surface area contributed by atoms with Crippen LogP contribution in [0, 0.1) is 6.92 Å². The highest BCUT2D eigenvalue weighted by Gasteiger charge is 2.22. The van der Waals surface area contributed by atoms with Gasteiger partial charge in [-0.05, 0) is 49.7 Å². The highest BCUT2D eigenvalue weighted by Crippen LogP contribution is 2.25. The predicted molar refractivity (Wildman–Crippen MR) is 108 cm³/mol. The Kier molecular flexibility index (Phi) is 4.96. The lowest BCUT2D eigenvalue weighted by Gasteiger charge is -2.18. The Bertz CT molecular complexity index is 918. The minimum absolute atomic E-state index is 0.128. The predicted octanol–water partition coefficient (Wildman–Crippen LogP) is 3.72. The van der Waals surface area contributed by atoms with Gasteiger partial charge >= 0.3 is 0 Å². The number of carbonyl (C=O) groups excluding carboxylic acids is 1. The molecule has 3 aromatic rings. The number of benzene rings is 1. The normalized spacial score (nSPS) is 16.7. The average Bonchev–Trinajstić information content (AvgIpc) is 3.42. The van der Waals surface area contributed by atoms with Gasteiger partial charge in [0, 0.05) is 44.0 Å². The van der Waals surface area contributed by atoms with Crippen LogP contribution in [0.5, 0.6) is 0 Å². The molecule has 7 heteroatoms. The summed E-state index contributed by atoms with van der Waals surface area (Å²) in [7, 11) is 1.76. The van der Waals surface area contributed by atoms with Gasteiger partial charge in [0.15, 0.2) is 5.13 Å². The topological polar surface area (TPSA) is 59.4 Å². The van der Waals surface area contributed by atoms with Gasteiger partial charge in [0.25, 0.3) is 5.91 Å². The first-order chi connectivity index (χ1) is 13.1. The molecule has 140 valence electrons. The molecule has 0 spiro atoms. The second-order valence-corrected chi connectivity index (χ2v) is 7.57. The maximum Gasteiger partial charge on any atom is 0.267 e. The molecule has 27 heavy (non-hydrogen) atoms. The molecular weight excluding hydrogens is 360 g/mol. The second-order valence-electron chi connectivity index (χ2n) is 6.59. The zero-order chi connectivity index (χ0) is 18.8. The fourth-order valence-corrected chi connectivity index (χ4v) is 4.19. The third-order valence-corrected chi connectivity index (χ3v) is 5.96. The van der Waals surface area contributed by atoms with Crippen LogP contribution in [0.4, 0.5) is 11.4 Å². The lowest BCUT2D eigenvalue weighted by atomic mass is 10.2. The van der Waals surface area contributed by atoms with E-state index in [1.165, 1.54) is 11.3 Å². The van der Waals surface area contributed by atoms with Crippen molar-refractivity contribution in [2.45, 2.75) is 19.4 Å².